The summed E-state index contributed by atoms with van der Waals surface area (Å²) >= 11 is 0. The van der Waals surface area contributed by atoms with E-state index in [0.717, 1.165) is 19.7 Å². The molecule has 76 valence electrons. The quantitative estimate of drug-likeness (QED) is 0.476. The Morgan fingerprint density at radius 1 is 1.62 bits per heavy atom. The molecule has 0 aromatic carbocycles. The van der Waals surface area contributed by atoms with Crippen molar-refractivity contribution in [2.24, 2.45) is 10.7 Å². The average molecular weight is 185 g/mol. The Bertz CT molecular complexity index is 201. The van der Waals surface area contributed by atoms with E-state index in [1.807, 2.05) is 6.92 Å². The highest BCUT2D eigenvalue weighted by atomic mass is 16.5. The van der Waals surface area contributed by atoms with Crippen molar-refractivity contribution in [3.05, 3.63) is 0 Å². The van der Waals surface area contributed by atoms with Crippen LogP contribution in [0.2, 0.25) is 0 Å². The number of aliphatic imine (C=N–C) groups is 1. The first-order valence-electron chi connectivity index (χ1n) is 4.73. The van der Waals surface area contributed by atoms with Crippen LogP contribution in [-0.2, 0) is 4.74 Å². The maximum atomic E-state index is 5.85. The molecule has 0 radical (unpaired) electrons. The van der Waals surface area contributed by atoms with Gasteiger partial charge in [0.1, 0.15) is 0 Å². The number of hydrogen-bond donors (Lipinski definition) is 1. The van der Waals surface area contributed by atoms with Gasteiger partial charge in [0.25, 0.3) is 0 Å². The van der Waals surface area contributed by atoms with Gasteiger partial charge < -0.3 is 15.4 Å². The topological polar surface area (TPSA) is 50.8 Å². The molecule has 0 amide bonds. The summed E-state index contributed by atoms with van der Waals surface area (Å²) in [5.41, 5.74) is 5.83. The first-order chi connectivity index (χ1) is 6.08. The molecule has 1 fully saturated rings. The van der Waals surface area contributed by atoms with Crippen molar-refractivity contribution in [3.8, 4) is 0 Å². The minimum atomic E-state index is -0.0268. The zero-order chi connectivity index (χ0) is 9.90. The third-order valence-corrected chi connectivity index (χ3v) is 2.24. The lowest BCUT2D eigenvalue weighted by Crippen LogP contribution is -2.57. The normalized spacial score (nSPS) is 23.3. The third-order valence-electron chi connectivity index (χ3n) is 2.24. The average Bonchev–Trinajstić information content (AvgIpc) is 2.03. The molecule has 0 spiro atoms. The van der Waals surface area contributed by atoms with Crippen molar-refractivity contribution in [2.75, 3.05) is 26.3 Å². The molecule has 1 rings (SSSR count). The lowest BCUT2D eigenvalue weighted by atomic mass is 10.0. The van der Waals surface area contributed by atoms with E-state index in [9.17, 15) is 0 Å². The van der Waals surface area contributed by atoms with Crippen LogP contribution in [0.5, 0.6) is 0 Å². The maximum Gasteiger partial charge on any atom is 0.191 e. The Hall–Kier alpha value is -0.770. The number of guanidine groups is 1. The van der Waals surface area contributed by atoms with Crippen LogP contribution < -0.4 is 5.73 Å². The summed E-state index contributed by atoms with van der Waals surface area (Å²) in [5, 5.41) is 0. The van der Waals surface area contributed by atoms with E-state index in [1.54, 1.807) is 0 Å². The lowest BCUT2D eigenvalue weighted by molar-refractivity contribution is -0.0156. The summed E-state index contributed by atoms with van der Waals surface area (Å²) in [6.07, 6.45) is 0. The molecular formula is C9H19N3O. The summed E-state index contributed by atoms with van der Waals surface area (Å²) < 4.78 is 5.39. The third kappa shape index (κ3) is 2.34. The zero-order valence-corrected chi connectivity index (χ0v) is 8.71. The molecule has 4 nitrogen and oxygen atoms in total. The maximum absolute atomic E-state index is 5.85. The van der Waals surface area contributed by atoms with E-state index in [-0.39, 0.29) is 5.54 Å². The monoisotopic (exact) mass is 185 g/mol. The first-order valence-corrected chi connectivity index (χ1v) is 4.73. The van der Waals surface area contributed by atoms with E-state index in [4.69, 9.17) is 10.5 Å². The second-order valence-electron chi connectivity index (χ2n) is 3.85. The first kappa shape index (κ1) is 10.3. The molecule has 0 aliphatic carbocycles. The molecule has 1 heterocycles. The Labute approximate surface area is 79.8 Å². The van der Waals surface area contributed by atoms with Crippen LogP contribution in [0.1, 0.15) is 20.8 Å². The van der Waals surface area contributed by atoms with E-state index in [1.165, 1.54) is 0 Å². The van der Waals surface area contributed by atoms with E-state index >= 15 is 0 Å². The fourth-order valence-electron chi connectivity index (χ4n) is 1.53. The fraction of sp³-hybridized carbons (Fsp3) is 0.889. The van der Waals surface area contributed by atoms with Crippen LogP contribution in [0.25, 0.3) is 0 Å². The molecule has 0 unspecified atom stereocenters. The van der Waals surface area contributed by atoms with Crippen LogP contribution in [0.4, 0.5) is 0 Å². The Balaban J connectivity index is 2.70. The molecule has 1 aliphatic heterocycles. The van der Waals surface area contributed by atoms with E-state index in [2.05, 4.69) is 23.7 Å². The van der Waals surface area contributed by atoms with Gasteiger partial charge in [-0.2, -0.15) is 0 Å². The molecule has 0 atom stereocenters. The number of ether oxygens (including phenoxy) is 1. The Morgan fingerprint density at radius 2 is 2.31 bits per heavy atom. The van der Waals surface area contributed by atoms with Gasteiger partial charge in [0.15, 0.2) is 5.96 Å². The minimum Gasteiger partial charge on any atom is -0.377 e. The molecule has 4 heteroatoms. The van der Waals surface area contributed by atoms with E-state index in [0.29, 0.717) is 12.6 Å². The zero-order valence-electron chi connectivity index (χ0n) is 8.71. The second-order valence-corrected chi connectivity index (χ2v) is 3.85. The van der Waals surface area contributed by atoms with Crippen LogP contribution in [-0.4, -0.2) is 42.7 Å². The number of nitrogens with two attached hydrogens (primary N) is 1. The highest BCUT2D eigenvalue weighted by Gasteiger charge is 2.31. The number of hydrogen-bond acceptors (Lipinski definition) is 2. The van der Waals surface area contributed by atoms with Crippen LogP contribution in [0.3, 0.4) is 0 Å². The van der Waals surface area contributed by atoms with Crippen LogP contribution >= 0.6 is 0 Å². The van der Waals surface area contributed by atoms with Crippen molar-refractivity contribution in [1.29, 1.82) is 0 Å². The number of rotatable bonds is 1. The van der Waals surface area contributed by atoms with E-state index < -0.39 is 0 Å². The largest absolute Gasteiger partial charge is 0.377 e. The number of morpholine rings is 1. The smallest absolute Gasteiger partial charge is 0.191 e. The highest BCUT2D eigenvalue weighted by Crippen LogP contribution is 2.18. The molecule has 0 aromatic heterocycles. The summed E-state index contributed by atoms with van der Waals surface area (Å²) in [4.78, 5) is 6.32. The van der Waals surface area contributed by atoms with Gasteiger partial charge in [0.05, 0.1) is 18.8 Å². The highest BCUT2D eigenvalue weighted by molar-refractivity contribution is 5.79. The molecule has 2 N–H and O–H groups in total. The van der Waals surface area contributed by atoms with Crippen molar-refractivity contribution in [2.45, 2.75) is 26.3 Å². The van der Waals surface area contributed by atoms with Gasteiger partial charge in [-0.3, -0.25) is 4.99 Å². The van der Waals surface area contributed by atoms with Gasteiger partial charge in [-0.05, 0) is 20.8 Å². The molecule has 1 aliphatic rings. The molecular weight excluding hydrogens is 166 g/mol. The standard InChI is InChI=1S/C9H19N3O/c1-4-11-8(10)12-5-6-13-7-9(12,2)3/h4-7H2,1-3H3,(H2,10,11). The van der Waals surface area contributed by atoms with Gasteiger partial charge in [0.2, 0.25) is 0 Å². The van der Waals surface area contributed by atoms with Crippen molar-refractivity contribution < 1.29 is 4.74 Å². The van der Waals surface area contributed by atoms with Gasteiger partial charge >= 0.3 is 0 Å². The Morgan fingerprint density at radius 3 is 2.85 bits per heavy atom. The SMILES string of the molecule is CCN=C(N)N1CCOCC1(C)C. The molecule has 0 bridgehead atoms. The van der Waals surface area contributed by atoms with Crippen molar-refractivity contribution >= 4 is 5.96 Å². The van der Waals surface area contributed by atoms with Crippen LogP contribution in [0, 0.1) is 0 Å². The molecule has 13 heavy (non-hydrogen) atoms. The fourth-order valence-corrected chi connectivity index (χ4v) is 1.53. The van der Waals surface area contributed by atoms with Crippen molar-refractivity contribution in [1.82, 2.24) is 4.90 Å². The van der Waals surface area contributed by atoms with Crippen LogP contribution in [0.15, 0.2) is 4.99 Å². The predicted octanol–water partition coefficient (Wildman–Crippen LogP) is 0.432. The van der Waals surface area contributed by atoms with Crippen molar-refractivity contribution in [3.63, 3.8) is 0 Å². The second kappa shape index (κ2) is 3.96. The van der Waals surface area contributed by atoms with Gasteiger partial charge in [-0.25, -0.2) is 0 Å². The molecule has 1 saturated heterocycles. The lowest BCUT2D eigenvalue weighted by Gasteiger charge is -2.42. The summed E-state index contributed by atoms with van der Waals surface area (Å²) in [7, 11) is 0. The molecule has 0 aromatic rings. The Kier molecular flexibility index (Phi) is 3.14. The van der Waals surface area contributed by atoms with Gasteiger partial charge in [0, 0.05) is 13.1 Å². The summed E-state index contributed by atoms with van der Waals surface area (Å²) in [6, 6.07) is 0. The van der Waals surface area contributed by atoms with Gasteiger partial charge in [-0.15, -0.1) is 0 Å². The summed E-state index contributed by atoms with van der Waals surface area (Å²) in [6.45, 7) is 9.24. The predicted molar refractivity (Wildman–Crippen MR) is 53.8 cm³/mol. The summed E-state index contributed by atoms with van der Waals surface area (Å²) in [5.74, 6) is 0.635. The molecule has 0 saturated carbocycles. The minimum absolute atomic E-state index is 0.0268. The number of nitrogens with zero attached hydrogens (tertiary/aromatic N) is 2. The van der Waals surface area contributed by atoms with Gasteiger partial charge in [-0.1, -0.05) is 0 Å².